The minimum absolute atomic E-state index is 0.0658. The number of nitrogens with one attached hydrogen (secondary N) is 2. The molecular weight excluding hydrogens is 438 g/mol. The third-order valence-electron chi connectivity index (χ3n) is 5.13. The molecule has 3 N–H and O–H groups in total. The Morgan fingerprint density at radius 2 is 1.56 bits per heavy atom. The molecule has 0 aliphatic carbocycles. The highest BCUT2D eigenvalue weighted by Crippen LogP contribution is 2.07. The zero-order valence-corrected chi connectivity index (χ0v) is 19.4. The zero-order valence-electron chi connectivity index (χ0n) is 19.4. The SMILES string of the molecule is CCCN(C(=O)CNC(=O)OCc1ccccc1)[C@@H](C)C(=O)N[C@@H](Cc1ccccc1)C(=O)O. The summed E-state index contributed by atoms with van der Waals surface area (Å²) >= 11 is 0. The minimum atomic E-state index is -1.17. The van der Waals surface area contributed by atoms with Gasteiger partial charge in [0, 0.05) is 13.0 Å². The molecule has 182 valence electrons. The summed E-state index contributed by atoms with van der Waals surface area (Å²) in [7, 11) is 0. The Kier molecular flexibility index (Phi) is 10.6. The van der Waals surface area contributed by atoms with Crippen LogP contribution in [0.5, 0.6) is 0 Å². The smallest absolute Gasteiger partial charge is 0.407 e. The van der Waals surface area contributed by atoms with Crippen molar-refractivity contribution < 1.29 is 29.0 Å². The van der Waals surface area contributed by atoms with E-state index in [-0.39, 0.29) is 26.1 Å². The van der Waals surface area contributed by atoms with E-state index in [0.717, 1.165) is 11.1 Å². The first-order valence-corrected chi connectivity index (χ1v) is 11.1. The lowest BCUT2D eigenvalue weighted by Crippen LogP contribution is -2.54. The number of carbonyl (C=O) groups is 4. The molecular formula is C25H31N3O6. The second kappa shape index (κ2) is 13.6. The highest BCUT2D eigenvalue weighted by molar-refractivity contribution is 5.91. The van der Waals surface area contributed by atoms with E-state index < -0.39 is 36.0 Å². The summed E-state index contributed by atoms with van der Waals surface area (Å²) < 4.78 is 5.10. The highest BCUT2D eigenvalue weighted by atomic mass is 16.5. The number of carboxylic acid groups (broad SMARTS) is 1. The topological polar surface area (TPSA) is 125 Å². The van der Waals surface area contributed by atoms with Crippen LogP contribution in [0.25, 0.3) is 0 Å². The van der Waals surface area contributed by atoms with Crippen molar-refractivity contribution in [3.63, 3.8) is 0 Å². The number of rotatable bonds is 12. The van der Waals surface area contributed by atoms with Crippen molar-refractivity contribution in [1.82, 2.24) is 15.5 Å². The fraction of sp³-hybridized carbons (Fsp3) is 0.360. The largest absolute Gasteiger partial charge is 0.480 e. The molecule has 0 saturated carbocycles. The van der Waals surface area contributed by atoms with Crippen LogP contribution in [0, 0.1) is 0 Å². The van der Waals surface area contributed by atoms with E-state index in [1.807, 2.05) is 43.3 Å². The number of ether oxygens (including phenoxy) is 1. The maximum Gasteiger partial charge on any atom is 0.407 e. The van der Waals surface area contributed by atoms with E-state index in [9.17, 15) is 24.3 Å². The van der Waals surface area contributed by atoms with Crippen LogP contribution in [0.4, 0.5) is 4.79 Å². The molecule has 0 aliphatic heterocycles. The number of alkyl carbamates (subject to hydrolysis) is 1. The predicted octanol–water partition coefficient (Wildman–Crippen LogP) is 2.35. The maximum absolute atomic E-state index is 12.8. The molecule has 2 rings (SSSR count). The number of nitrogens with zero attached hydrogens (tertiary/aromatic N) is 1. The number of carbonyl (C=O) groups excluding carboxylic acids is 3. The molecule has 0 spiro atoms. The molecule has 2 aromatic rings. The van der Waals surface area contributed by atoms with Crippen LogP contribution in [0.3, 0.4) is 0 Å². The summed E-state index contributed by atoms with van der Waals surface area (Å²) in [5.74, 6) is -2.23. The zero-order chi connectivity index (χ0) is 24.9. The molecule has 2 aromatic carbocycles. The van der Waals surface area contributed by atoms with Crippen LogP contribution in [0.1, 0.15) is 31.4 Å². The Bertz CT molecular complexity index is 952. The van der Waals surface area contributed by atoms with Gasteiger partial charge >= 0.3 is 12.1 Å². The number of benzene rings is 2. The van der Waals surface area contributed by atoms with Crippen LogP contribution >= 0.6 is 0 Å². The van der Waals surface area contributed by atoms with Crippen LogP contribution in [-0.4, -0.2) is 59.1 Å². The van der Waals surface area contributed by atoms with Gasteiger partial charge in [0.1, 0.15) is 25.2 Å². The molecule has 0 radical (unpaired) electrons. The first-order chi connectivity index (χ1) is 16.3. The van der Waals surface area contributed by atoms with Gasteiger partial charge in [-0.05, 0) is 24.5 Å². The average Bonchev–Trinajstić information content (AvgIpc) is 2.84. The van der Waals surface area contributed by atoms with E-state index in [0.29, 0.717) is 6.42 Å². The third-order valence-corrected chi connectivity index (χ3v) is 5.13. The Morgan fingerprint density at radius 3 is 2.12 bits per heavy atom. The molecule has 0 aromatic heterocycles. The molecule has 3 amide bonds. The van der Waals surface area contributed by atoms with Gasteiger partial charge in [0.05, 0.1) is 0 Å². The molecule has 2 atom stereocenters. The Morgan fingerprint density at radius 1 is 0.971 bits per heavy atom. The van der Waals surface area contributed by atoms with Gasteiger partial charge in [-0.15, -0.1) is 0 Å². The van der Waals surface area contributed by atoms with Gasteiger partial charge in [-0.2, -0.15) is 0 Å². The molecule has 9 heteroatoms. The van der Waals surface area contributed by atoms with Crippen molar-refractivity contribution in [3.05, 3.63) is 71.8 Å². The van der Waals surface area contributed by atoms with Crippen molar-refractivity contribution >= 4 is 23.9 Å². The van der Waals surface area contributed by atoms with Gasteiger partial charge < -0.3 is 25.4 Å². The molecule has 0 heterocycles. The van der Waals surface area contributed by atoms with Gasteiger partial charge in [0.15, 0.2) is 0 Å². The highest BCUT2D eigenvalue weighted by Gasteiger charge is 2.29. The summed E-state index contributed by atoms with van der Waals surface area (Å²) in [6.45, 7) is 3.36. The summed E-state index contributed by atoms with van der Waals surface area (Å²) in [4.78, 5) is 50.5. The predicted molar refractivity (Wildman–Crippen MR) is 126 cm³/mol. The second-order valence-corrected chi connectivity index (χ2v) is 7.77. The summed E-state index contributed by atoms with van der Waals surface area (Å²) in [5.41, 5.74) is 1.58. The average molecular weight is 470 g/mol. The van der Waals surface area contributed by atoms with Gasteiger partial charge in [0.25, 0.3) is 0 Å². The van der Waals surface area contributed by atoms with Gasteiger partial charge in [-0.1, -0.05) is 67.6 Å². The number of aliphatic carboxylic acids is 1. The second-order valence-electron chi connectivity index (χ2n) is 7.77. The normalized spacial score (nSPS) is 12.2. The van der Waals surface area contributed by atoms with Crippen LogP contribution < -0.4 is 10.6 Å². The monoisotopic (exact) mass is 469 g/mol. The number of amides is 3. The first-order valence-electron chi connectivity index (χ1n) is 11.1. The fourth-order valence-electron chi connectivity index (χ4n) is 3.28. The third kappa shape index (κ3) is 8.57. The Hall–Kier alpha value is -3.88. The standard InChI is InChI=1S/C25H31N3O6/c1-3-14-28(22(29)16-26-25(33)34-17-20-12-8-5-9-13-20)18(2)23(30)27-21(24(31)32)15-19-10-6-4-7-11-19/h4-13,18,21H,3,14-17H2,1-2H3,(H,26,33)(H,27,30)(H,31,32)/t18-,21-/m0/s1. The molecule has 0 fully saturated rings. The van der Waals surface area contributed by atoms with Crippen molar-refractivity contribution in [2.24, 2.45) is 0 Å². The summed E-state index contributed by atoms with van der Waals surface area (Å²) in [6, 6.07) is 16.0. The van der Waals surface area contributed by atoms with Crippen molar-refractivity contribution in [3.8, 4) is 0 Å². The number of hydrogen-bond donors (Lipinski definition) is 3. The minimum Gasteiger partial charge on any atom is -0.480 e. The molecule has 34 heavy (non-hydrogen) atoms. The lowest BCUT2D eigenvalue weighted by Gasteiger charge is -2.29. The maximum atomic E-state index is 12.8. The quantitative estimate of drug-likeness (QED) is 0.438. The first kappa shape index (κ1) is 26.4. The lowest BCUT2D eigenvalue weighted by atomic mass is 10.1. The van der Waals surface area contributed by atoms with Gasteiger partial charge in [-0.25, -0.2) is 9.59 Å². The Balaban J connectivity index is 1.91. The lowest BCUT2D eigenvalue weighted by molar-refractivity contribution is -0.144. The van der Waals surface area contributed by atoms with Crippen molar-refractivity contribution in [2.75, 3.05) is 13.1 Å². The Labute approximate surface area is 199 Å². The van der Waals surface area contributed by atoms with E-state index in [4.69, 9.17) is 4.74 Å². The fourth-order valence-corrected chi connectivity index (χ4v) is 3.28. The van der Waals surface area contributed by atoms with Crippen LogP contribution in [0.2, 0.25) is 0 Å². The van der Waals surface area contributed by atoms with E-state index in [1.54, 1.807) is 24.3 Å². The molecule has 0 bridgehead atoms. The summed E-state index contributed by atoms with van der Waals surface area (Å²) in [6.07, 6.45) is -0.0566. The molecule has 0 unspecified atom stereocenters. The van der Waals surface area contributed by atoms with Crippen LogP contribution in [-0.2, 0) is 32.1 Å². The van der Waals surface area contributed by atoms with E-state index in [1.165, 1.54) is 11.8 Å². The van der Waals surface area contributed by atoms with Crippen molar-refractivity contribution in [1.29, 1.82) is 0 Å². The molecule has 9 nitrogen and oxygen atoms in total. The number of hydrogen-bond acceptors (Lipinski definition) is 5. The van der Waals surface area contributed by atoms with Gasteiger partial charge in [0.2, 0.25) is 11.8 Å². The van der Waals surface area contributed by atoms with Crippen LogP contribution in [0.15, 0.2) is 60.7 Å². The molecule has 0 aliphatic rings. The van der Waals surface area contributed by atoms with Gasteiger partial charge in [-0.3, -0.25) is 9.59 Å². The number of carboxylic acids is 1. The van der Waals surface area contributed by atoms with Crippen molar-refractivity contribution in [2.45, 2.75) is 45.4 Å². The van der Waals surface area contributed by atoms with E-state index >= 15 is 0 Å². The molecule has 0 saturated heterocycles. The summed E-state index contributed by atoms with van der Waals surface area (Å²) in [5, 5.41) is 14.5. The van der Waals surface area contributed by atoms with E-state index in [2.05, 4.69) is 10.6 Å².